The maximum absolute atomic E-state index is 13.2. The molecule has 0 bridgehead atoms. The molecule has 1 N–H and O–H groups in total. The minimum atomic E-state index is -0.209. The Morgan fingerprint density at radius 3 is 2.00 bits per heavy atom. The van der Waals surface area contributed by atoms with E-state index in [-0.39, 0.29) is 17.9 Å². The van der Waals surface area contributed by atoms with Gasteiger partial charge in [0.2, 0.25) is 5.91 Å². The molecule has 6 nitrogen and oxygen atoms in total. The number of amides is 1. The lowest BCUT2D eigenvalue weighted by Crippen LogP contribution is -2.31. The second-order valence-corrected chi connectivity index (χ2v) is 7.94. The summed E-state index contributed by atoms with van der Waals surface area (Å²) in [5, 5.41) is 0. The molecule has 0 saturated heterocycles. The summed E-state index contributed by atoms with van der Waals surface area (Å²) in [6.07, 6.45) is 3.89. The molecule has 2 heterocycles. The molecule has 0 saturated carbocycles. The van der Waals surface area contributed by atoms with Crippen molar-refractivity contribution in [2.24, 2.45) is 0 Å². The summed E-state index contributed by atoms with van der Waals surface area (Å²) in [4.78, 5) is 39.2. The third kappa shape index (κ3) is 5.80. The summed E-state index contributed by atoms with van der Waals surface area (Å²) < 4.78 is 0. The van der Waals surface area contributed by atoms with Crippen molar-refractivity contribution in [2.75, 3.05) is 0 Å². The third-order valence-corrected chi connectivity index (χ3v) is 5.55. The number of carbonyl (C=O) groups excluding carboxylic acids is 1. The molecule has 0 unspecified atom stereocenters. The van der Waals surface area contributed by atoms with Gasteiger partial charge in [0.1, 0.15) is 5.82 Å². The molecule has 2 aromatic heterocycles. The molecule has 6 heteroatoms. The van der Waals surface area contributed by atoms with Crippen molar-refractivity contribution >= 4 is 5.91 Å². The zero-order valence-electron chi connectivity index (χ0n) is 18.6. The number of aryl methyl sites for hydroxylation is 1. The molecule has 0 atom stereocenters. The van der Waals surface area contributed by atoms with Crippen LogP contribution in [0.2, 0.25) is 0 Å². The number of hydrogen-bond donors (Lipinski definition) is 1. The minimum Gasteiger partial charge on any atom is -0.334 e. The molecule has 0 aliphatic rings. The van der Waals surface area contributed by atoms with Gasteiger partial charge in [-0.05, 0) is 36.6 Å². The van der Waals surface area contributed by atoms with Crippen LogP contribution in [-0.2, 0) is 24.3 Å². The Hall–Kier alpha value is -4.06. The van der Waals surface area contributed by atoms with Crippen LogP contribution in [0.1, 0.15) is 28.8 Å². The summed E-state index contributed by atoms with van der Waals surface area (Å²) >= 11 is 0. The van der Waals surface area contributed by atoms with E-state index in [0.717, 1.165) is 16.7 Å². The fraction of sp³-hybridized carbons (Fsp3) is 0.185. The number of carbonyl (C=O) groups is 1. The molecule has 4 rings (SSSR count). The molecule has 0 aliphatic heterocycles. The average molecular weight is 439 g/mol. The Kier molecular flexibility index (Phi) is 7.05. The van der Waals surface area contributed by atoms with E-state index >= 15 is 0 Å². The van der Waals surface area contributed by atoms with Crippen LogP contribution < -0.4 is 5.56 Å². The third-order valence-electron chi connectivity index (χ3n) is 5.55. The monoisotopic (exact) mass is 438 g/mol. The normalized spacial score (nSPS) is 10.7. The molecule has 0 radical (unpaired) electrons. The number of H-pyrrole nitrogens is 1. The van der Waals surface area contributed by atoms with Gasteiger partial charge in [0.05, 0.1) is 0 Å². The van der Waals surface area contributed by atoms with Gasteiger partial charge in [-0.3, -0.25) is 14.6 Å². The number of pyridine rings is 1. The maximum Gasteiger partial charge on any atom is 0.254 e. The Morgan fingerprint density at radius 2 is 1.45 bits per heavy atom. The van der Waals surface area contributed by atoms with Crippen LogP contribution >= 0.6 is 0 Å². The average Bonchev–Trinajstić information content (AvgIpc) is 2.85. The molecular formula is C27H26N4O2. The number of nitrogens with zero attached hydrogens (tertiary/aromatic N) is 3. The first-order valence-electron chi connectivity index (χ1n) is 11.0. The number of rotatable bonds is 8. The topological polar surface area (TPSA) is 79.0 Å². The van der Waals surface area contributed by atoms with E-state index in [2.05, 4.69) is 15.0 Å². The van der Waals surface area contributed by atoms with Gasteiger partial charge in [0.15, 0.2) is 0 Å². The second kappa shape index (κ2) is 10.5. The molecule has 0 fully saturated rings. The number of nitrogens with one attached hydrogen (secondary N) is 1. The predicted octanol–water partition coefficient (Wildman–Crippen LogP) is 4.30. The quantitative estimate of drug-likeness (QED) is 0.445. The van der Waals surface area contributed by atoms with E-state index in [1.807, 2.05) is 72.5 Å². The van der Waals surface area contributed by atoms with E-state index in [4.69, 9.17) is 0 Å². The van der Waals surface area contributed by atoms with Crippen molar-refractivity contribution in [3.8, 4) is 11.4 Å². The van der Waals surface area contributed by atoms with Crippen molar-refractivity contribution in [1.82, 2.24) is 19.9 Å². The van der Waals surface area contributed by atoms with Crippen LogP contribution in [0, 0.1) is 6.92 Å². The maximum atomic E-state index is 13.2. The highest BCUT2D eigenvalue weighted by atomic mass is 16.2. The molecule has 33 heavy (non-hydrogen) atoms. The molecule has 1 amide bonds. The van der Waals surface area contributed by atoms with Crippen molar-refractivity contribution < 1.29 is 4.79 Å². The number of aromatic nitrogens is 3. The minimum absolute atomic E-state index is 0.000263. The zero-order chi connectivity index (χ0) is 23.0. The predicted molar refractivity (Wildman–Crippen MR) is 128 cm³/mol. The lowest BCUT2D eigenvalue weighted by atomic mass is 10.1. The lowest BCUT2D eigenvalue weighted by Gasteiger charge is -2.23. The van der Waals surface area contributed by atoms with E-state index in [1.54, 1.807) is 24.5 Å². The van der Waals surface area contributed by atoms with Crippen molar-refractivity contribution in [3.05, 3.63) is 118 Å². The SMILES string of the molecule is Cc1nc(-c2ccncc2)[nH]c(=O)c1CCC(=O)N(Cc1ccccc1)Cc1ccccc1. The number of benzene rings is 2. The molecule has 0 aliphatic carbocycles. The summed E-state index contributed by atoms with van der Waals surface area (Å²) in [6.45, 7) is 2.84. The van der Waals surface area contributed by atoms with E-state index in [0.29, 0.717) is 36.6 Å². The van der Waals surface area contributed by atoms with Crippen LogP contribution in [0.4, 0.5) is 0 Å². The Balaban J connectivity index is 1.50. The van der Waals surface area contributed by atoms with Gasteiger partial charge in [-0.2, -0.15) is 0 Å². The van der Waals surface area contributed by atoms with E-state index in [9.17, 15) is 9.59 Å². The largest absolute Gasteiger partial charge is 0.334 e. The van der Waals surface area contributed by atoms with Crippen LogP contribution in [0.5, 0.6) is 0 Å². The van der Waals surface area contributed by atoms with E-state index < -0.39 is 0 Å². The van der Waals surface area contributed by atoms with Gasteiger partial charge < -0.3 is 9.88 Å². The fourth-order valence-corrected chi connectivity index (χ4v) is 3.78. The van der Waals surface area contributed by atoms with Crippen molar-refractivity contribution in [1.29, 1.82) is 0 Å². The highest BCUT2D eigenvalue weighted by Gasteiger charge is 2.17. The molecule has 4 aromatic rings. The van der Waals surface area contributed by atoms with Gasteiger partial charge >= 0.3 is 0 Å². The van der Waals surface area contributed by atoms with Gasteiger partial charge in [-0.1, -0.05) is 60.7 Å². The van der Waals surface area contributed by atoms with Crippen LogP contribution in [0.15, 0.2) is 90.0 Å². The Labute approximate surface area is 193 Å². The smallest absolute Gasteiger partial charge is 0.254 e. The second-order valence-electron chi connectivity index (χ2n) is 7.94. The summed E-state index contributed by atoms with van der Waals surface area (Å²) in [7, 11) is 0. The van der Waals surface area contributed by atoms with Gasteiger partial charge in [-0.15, -0.1) is 0 Å². The summed E-state index contributed by atoms with van der Waals surface area (Å²) in [6, 6.07) is 23.5. The Morgan fingerprint density at radius 1 is 0.879 bits per heavy atom. The first-order chi connectivity index (χ1) is 16.1. The zero-order valence-corrected chi connectivity index (χ0v) is 18.6. The molecular weight excluding hydrogens is 412 g/mol. The first kappa shape index (κ1) is 22.1. The first-order valence-corrected chi connectivity index (χ1v) is 11.0. The number of aromatic amines is 1. The van der Waals surface area contributed by atoms with Gasteiger partial charge in [0, 0.05) is 48.7 Å². The fourth-order valence-electron chi connectivity index (χ4n) is 3.78. The molecule has 166 valence electrons. The van der Waals surface area contributed by atoms with Gasteiger partial charge in [-0.25, -0.2) is 4.98 Å². The highest BCUT2D eigenvalue weighted by Crippen LogP contribution is 2.16. The van der Waals surface area contributed by atoms with Crippen LogP contribution in [-0.4, -0.2) is 25.8 Å². The molecule has 2 aromatic carbocycles. The Bertz CT molecular complexity index is 1210. The number of hydrogen-bond acceptors (Lipinski definition) is 4. The standard InChI is InChI=1S/C27H26N4O2/c1-20-24(27(33)30-26(29-20)23-14-16-28-17-15-23)12-13-25(32)31(18-21-8-4-2-5-9-21)19-22-10-6-3-7-11-22/h2-11,14-17H,12-13,18-19H2,1H3,(H,29,30,33). The lowest BCUT2D eigenvalue weighted by molar-refractivity contribution is -0.132. The van der Waals surface area contributed by atoms with Crippen LogP contribution in [0.3, 0.4) is 0 Å². The molecule has 0 spiro atoms. The summed E-state index contributed by atoms with van der Waals surface area (Å²) in [5.41, 5.74) is 3.90. The van der Waals surface area contributed by atoms with Crippen molar-refractivity contribution in [2.45, 2.75) is 32.9 Å². The summed E-state index contributed by atoms with van der Waals surface area (Å²) in [5.74, 6) is 0.504. The van der Waals surface area contributed by atoms with Gasteiger partial charge in [0.25, 0.3) is 5.56 Å². The van der Waals surface area contributed by atoms with Crippen molar-refractivity contribution in [3.63, 3.8) is 0 Å². The highest BCUT2D eigenvalue weighted by molar-refractivity contribution is 5.76. The van der Waals surface area contributed by atoms with E-state index in [1.165, 1.54) is 0 Å². The van der Waals surface area contributed by atoms with Crippen LogP contribution in [0.25, 0.3) is 11.4 Å².